The van der Waals surface area contributed by atoms with Gasteiger partial charge in [0.05, 0.1) is 6.04 Å². The Hall–Kier alpha value is -0.980. The summed E-state index contributed by atoms with van der Waals surface area (Å²) in [5.41, 5.74) is 6.28. The molecule has 1 unspecified atom stereocenters. The summed E-state index contributed by atoms with van der Waals surface area (Å²) >= 11 is 1.46. The van der Waals surface area contributed by atoms with E-state index in [-0.39, 0.29) is 18.0 Å². The van der Waals surface area contributed by atoms with Crippen molar-refractivity contribution in [2.75, 3.05) is 13.1 Å². The number of aromatic nitrogens is 1. The molecule has 5 nitrogen and oxygen atoms in total. The third kappa shape index (κ3) is 3.19. The minimum Gasteiger partial charge on any atom is -0.348 e. The molecule has 2 heterocycles. The number of nitrogens with two attached hydrogens (primary N) is 1. The molecule has 1 aromatic heterocycles. The van der Waals surface area contributed by atoms with Crippen LogP contribution < -0.4 is 11.1 Å². The van der Waals surface area contributed by atoms with E-state index >= 15 is 0 Å². The number of rotatable bonds is 4. The largest absolute Gasteiger partial charge is 0.348 e. The molecule has 0 aromatic carbocycles. The normalized spacial score (nSPS) is 22.7. The molecule has 1 aliphatic heterocycles. The fourth-order valence-electron chi connectivity index (χ4n) is 2.71. The first-order chi connectivity index (χ1) is 9.63. The van der Waals surface area contributed by atoms with Crippen molar-refractivity contribution in [3.05, 3.63) is 16.1 Å². The van der Waals surface area contributed by atoms with Gasteiger partial charge in [0.2, 0.25) is 0 Å². The lowest BCUT2D eigenvalue weighted by Gasteiger charge is -2.32. The van der Waals surface area contributed by atoms with Crippen LogP contribution in [0.2, 0.25) is 0 Å². The molecule has 1 saturated heterocycles. The van der Waals surface area contributed by atoms with E-state index < -0.39 is 0 Å². The first kappa shape index (κ1) is 14.0. The van der Waals surface area contributed by atoms with Gasteiger partial charge in [0, 0.05) is 30.6 Å². The number of carbonyl (C=O) groups excluding carboxylic acids is 1. The predicted octanol–water partition coefficient (Wildman–Crippen LogP) is 1.52. The summed E-state index contributed by atoms with van der Waals surface area (Å²) in [5, 5.41) is 5.72. The highest BCUT2D eigenvalue weighted by molar-refractivity contribution is 7.09. The van der Waals surface area contributed by atoms with Crippen LogP contribution in [0.4, 0.5) is 0 Å². The standard InChI is InChI=1S/C14H22N4OS/c1-9(15)14-17-12(8-20-14)13(19)16-10-4-6-18(7-5-10)11-2-3-11/h8-11H,2-7,15H2,1H3,(H,16,19). The highest BCUT2D eigenvalue weighted by Gasteiger charge is 2.32. The predicted molar refractivity (Wildman–Crippen MR) is 79.8 cm³/mol. The number of likely N-dealkylation sites (tertiary alicyclic amines) is 1. The molecule has 6 heteroatoms. The fraction of sp³-hybridized carbons (Fsp3) is 0.714. The molecule has 110 valence electrons. The lowest BCUT2D eigenvalue weighted by Crippen LogP contribution is -2.45. The van der Waals surface area contributed by atoms with E-state index in [1.165, 1.54) is 24.2 Å². The van der Waals surface area contributed by atoms with Gasteiger partial charge in [0.25, 0.3) is 5.91 Å². The van der Waals surface area contributed by atoms with E-state index in [0.717, 1.165) is 37.0 Å². The quantitative estimate of drug-likeness (QED) is 0.883. The van der Waals surface area contributed by atoms with Gasteiger partial charge < -0.3 is 16.0 Å². The summed E-state index contributed by atoms with van der Waals surface area (Å²) in [6.45, 7) is 4.10. The SMILES string of the molecule is CC(N)c1nc(C(=O)NC2CCN(C3CC3)CC2)cs1. The molecule has 1 atom stereocenters. The van der Waals surface area contributed by atoms with E-state index in [2.05, 4.69) is 15.2 Å². The molecule has 0 bridgehead atoms. The Labute approximate surface area is 123 Å². The number of nitrogens with zero attached hydrogens (tertiary/aromatic N) is 2. The van der Waals surface area contributed by atoms with Gasteiger partial charge in [0.1, 0.15) is 10.7 Å². The van der Waals surface area contributed by atoms with Gasteiger partial charge in [-0.1, -0.05) is 0 Å². The van der Waals surface area contributed by atoms with Crippen molar-refractivity contribution < 1.29 is 4.79 Å². The monoisotopic (exact) mass is 294 g/mol. The topological polar surface area (TPSA) is 71.2 Å². The maximum atomic E-state index is 12.2. The van der Waals surface area contributed by atoms with Crippen molar-refractivity contribution >= 4 is 17.2 Å². The molecule has 0 radical (unpaired) electrons. The van der Waals surface area contributed by atoms with Crippen LogP contribution in [0, 0.1) is 0 Å². The van der Waals surface area contributed by atoms with Gasteiger partial charge in [-0.25, -0.2) is 4.98 Å². The zero-order valence-electron chi connectivity index (χ0n) is 11.8. The first-order valence-corrected chi connectivity index (χ1v) is 8.27. The molecule has 1 saturated carbocycles. The fourth-order valence-corrected chi connectivity index (χ4v) is 3.47. The van der Waals surface area contributed by atoms with Crippen LogP contribution in [0.5, 0.6) is 0 Å². The number of carbonyl (C=O) groups is 1. The van der Waals surface area contributed by atoms with Crippen LogP contribution in [-0.4, -0.2) is 41.0 Å². The van der Waals surface area contributed by atoms with E-state index in [9.17, 15) is 4.79 Å². The van der Waals surface area contributed by atoms with Gasteiger partial charge in [-0.15, -0.1) is 11.3 Å². The second kappa shape index (κ2) is 5.79. The van der Waals surface area contributed by atoms with E-state index in [4.69, 9.17) is 5.73 Å². The Morgan fingerprint density at radius 3 is 2.70 bits per heavy atom. The minimum atomic E-state index is -0.108. The third-order valence-corrected chi connectivity index (χ3v) is 5.12. The van der Waals surface area contributed by atoms with Crippen LogP contribution in [0.15, 0.2) is 5.38 Å². The first-order valence-electron chi connectivity index (χ1n) is 7.39. The highest BCUT2D eigenvalue weighted by atomic mass is 32.1. The summed E-state index contributed by atoms with van der Waals surface area (Å²) in [6, 6.07) is 1.01. The average molecular weight is 294 g/mol. The Balaban J connectivity index is 1.50. The van der Waals surface area contributed by atoms with Crippen molar-refractivity contribution in [3.63, 3.8) is 0 Å². The molecule has 1 aromatic rings. The van der Waals surface area contributed by atoms with Crippen molar-refractivity contribution in [2.24, 2.45) is 5.73 Å². The zero-order valence-corrected chi connectivity index (χ0v) is 12.7. The van der Waals surface area contributed by atoms with E-state index in [0.29, 0.717) is 5.69 Å². The van der Waals surface area contributed by atoms with Crippen molar-refractivity contribution in [1.82, 2.24) is 15.2 Å². The molecular formula is C14H22N4OS. The van der Waals surface area contributed by atoms with Gasteiger partial charge in [-0.2, -0.15) is 0 Å². The molecule has 20 heavy (non-hydrogen) atoms. The molecule has 0 spiro atoms. The van der Waals surface area contributed by atoms with Gasteiger partial charge in [-0.3, -0.25) is 4.79 Å². The molecule has 2 fully saturated rings. The second-order valence-electron chi connectivity index (χ2n) is 5.87. The Morgan fingerprint density at radius 2 is 2.15 bits per heavy atom. The average Bonchev–Trinajstić information content (AvgIpc) is 3.15. The molecule has 3 rings (SSSR count). The van der Waals surface area contributed by atoms with E-state index in [1.54, 1.807) is 5.38 Å². The van der Waals surface area contributed by atoms with Crippen LogP contribution in [0.25, 0.3) is 0 Å². The minimum absolute atomic E-state index is 0.0574. The molecule has 2 aliphatic rings. The summed E-state index contributed by atoms with van der Waals surface area (Å²) in [7, 11) is 0. The van der Waals surface area contributed by atoms with Crippen LogP contribution in [0.1, 0.15) is 54.1 Å². The maximum Gasteiger partial charge on any atom is 0.270 e. The number of piperidine rings is 1. The summed E-state index contributed by atoms with van der Waals surface area (Å²) in [4.78, 5) is 19.0. The molecule has 3 N–H and O–H groups in total. The molecular weight excluding hydrogens is 272 g/mol. The summed E-state index contributed by atoms with van der Waals surface area (Å²) in [5.74, 6) is -0.0574. The molecule has 1 amide bonds. The number of hydrogen-bond donors (Lipinski definition) is 2. The van der Waals surface area contributed by atoms with Gasteiger partial charge in [0.15, 0.2) is 0 Å². The van der Waals surface area contributed by atoms with Gasteiger partial charge in [-0.05, 0) is 32.6 Å². The summed E-state index contributed by atoms with van der Waals surface area (Å²) in [6.07, 6.45) is 4.81. The number of thiazole rings is 1. The van der Waals surface area contributed by atoms with Crippen LogP contribution >= 0.6 is 11.3 Å². The molecule has 1 aliphatic carbocycles. The highest BCUT2D eigenvalue weighted by Crippen LogP contribution is 2.29. The van der Waals surface area contributed by atoms with E-state index in [1.807, 2.05) is 6.92 Å². The van der Waals surface area contributed by atoms with Crippen molar-refractivity contribution in [3.8, 4) is 0 Å². The van der Waals surface area contributed by atoms with Crippen molar-refractivity contribution in [2.45, 2.75) is 50.7 Å². The Bertz CT molecular complexity index is 475. The number of amides is 1. The van der Waals surface area contributed by atoms with Gasteiger partial charge >= 0.3 is 0 Å². The second-order valence-corrected chi connectivity index (χ2v) is 6.76. The Morgan fingerprint density at radius 1 is 1.45 bits per heavy atom. The Kier molecular flexibility index (Phi) is 4.05. The summed E-state index contributed by atoms with van der Waals surface area (Å²) < 4.78 is 0. The van der Waals surface area contributed by atoms with Crippen molar-refractivity contribution in [1.29, 1.82) is 0 Å². The number of nitrogens with one attached hydrogen (secondary N) is 1. The van der Waals surface area contributed by atoms with Crippen LogP contribution in [-0.2, 0) is 0 Å². The lowest BCUT2D eigenvalue weighted by molar-refractivity contribution is 0.0904. The number of hydrogen-bond acceptors (Lipinski definition) is 5. The maximum absolute atomic E-state index is 12.2. The lowest BCUT2D eigenvalue weighted by atomic mass is 10.0. The zero-order chi connectivity index (χ0) is 14.1. The third-order valence-electron chi connectivity index (χ3n) is 4.07. The van der Waals surface area contributed by atoms with Crippen LogP contribution in [0.3, 0.4) is 0 Å². The smallest absolute Gasteiger partial charge is 0.270 e.